The molecule has 0 unspecified atom stereocenters. The van der Waals surface area contributed by atoms with Gasteiger partial charge in [0, 0.05) is 17.7 Å². The summed E-state index contributed by atoms with van der Waals surface area (Å²) in [6.07, 6.45) is 1.29. The average Bonchev–Trinajstić information content (AvgIpc) is 2.51. The minimum absolute atomic E-state index is 0.0223. The summed E-state index contributed by atoms with van der Waals surface area (Å²) in [4.78, 5) is 34.8. The third-order valence-electron chi connectivity index (χ3n) is 3.48. The number of non-ortho nitro benzene ring substituents is 1. The number of ether oxygens (including phenoxy) is 2. The van der Waals surface area contributed by atoms with E-state index in [1.807, 2.05) is 0 Å². The second-order valence-electron chi connectivity index (χ2n) is 8.73. The first-order chi connectivity index (χ1) is 13.2. The van der Waals surface area contributed by atoms with Gasteiger partial charge in [0.2, 0.25) is 0 Å². The van der Waals surface area contributed by atoms with Gasteiger partial charge >= 0.3 is 12.1 Å². The lowest BCUT2D eigenvalue weighted by Gasteiger charge is -2.23. The second-order valence-corrected chi connectivity index (χ2v) is 8.73. The van der Waals surface area contributed by atoms with E-state index in [0.717, 1.165) is 5.56 Å². The van der Waals surface area contributed by atoms with Crippen LogP contribution in [0.4, 0.5) is 10.5 Å². The highest BCUT2D eigenvalue weighted by molar-refractivity contribution is 5.88. The summed E-state index contributed by atoms with van der Waals surface area (Å²) in [6.45, 7) is 12.2. The predicted molar refractivity (Wildman–Crippen MR) is 110 cm³/mol. The van der Waals surface area contributed by atoms with Gasteiger partial charge in [-0.15, -0.1) is 0 Å². The van der Waals surface area contributed by atoms with Crippen LogP contribution in [0.5, 0.6) is 0 Å². The van der Waals surface area contributed by atoms with E-state index in [-0.39, 0.29) is 5.69 Å². The van der Waals surface area contributed by atoms with Crippen molar-refractivity contribution in [2.45, 2.75) is 72.1 Å². The molecule has 0 bridgehead atoms. The Morgan fingerprint density at radius 3 is 2.03 bits per heavy atom. The van der Waals surface area contributed by atoms with Gasteiger partial charge in [0.1, 0.15) is 11.2 Å². The molecule has 0 saturated heterocycles. The number of carbonyl (C=O) groups is 2. The molecular formula is C21H30N2O6. The summed E-state index contributed by atoms with van der Waals surface area (Å²) in [7, 11) is 0. The molecule has 8 heteroatoms. The first-order valence-corrected chi connectivity index (χ1v) is 9.31. The molecule has 0 aliphatic rings. The Morgan fingerprint density at radius 2 is 1.59 bits per heavy atom. The number of nitro groups is 1. The summed E-state index contributed by atoms with van der Waals surface area (Å²) >= 11 is 0. The van der Waals surface area contributed by atoms with Crippen molar-refractivity contribution in [2.75, 3.05) is 0 Å². The van der Waals surface area contributed by atoms with Crippen LogP contribution < -0.4 is 5.32 Å². The Hall–Kier alpha value is -2.90. The van der Waals surface area contributed by atoms with E-state index in [0.29, 0.717) is 12.0 Å². The number of rotatable bonds is 6. The van der Waals surface area contributed by atoms with E-state index in [9.17, 15) is 19.7 Å². The van der Waals surface area contributed by atoms with Crippen LogP contribution in [0.15, 0.2) is 35.9 Å². The zero-order valence-electron chi connectivity index (χ0n) is 18.1. The van der Waals surface area contributed by atoms with Crippen LogP contribution in [0.3, 0.4) is 0 Å². The van der Waals surface area contributed by atoms with Crippen LogP contribution in [-0.4, -0.2) is 34.2 Å². The Bertz CT molecular complexity index is 770. The quantitative estimate of drug-likeness (QED) is 0.326. The van der Waals surface area contributed by atoms with Crippen molar-refractivity contribution in [3.05, 3.63) is 51.6 Å². The molecule has 1 aromatic carbocycles. The van der Waals surface area contributed by atoms with Crippen LogP contribution in [0.2, 0.25) is 0 Å². The monoisotopic (exact) mass is 406 g/mol. The maximum atomic E-state index is 12.3. The highest BCUT2D eigenvalue weighted by atomic mass is 16.6. The molecule has 0 radical (unpaired) electrons. The highest BCUT2D eigenvalue weighted by Gasteiger charge is 2.22. The molecule has 0 aliphatic carbocycles. The van der Waals surface area contributed by atoms with Crippen molar-refractivity contribution in [2.24, 2.45) is 0 Å². The molecule has 1 atom stereocenters. The van der Waals surface area contributed by atoms with Gasteiger partial charge in [0.15, 0.2) is 0 Å². The molecule has 1 aromatic rings. The van der Waals surface area contributed by atoms with E-state index in [1.54, 1.807) is 66.7 Å². The highest BCUT2D eigenvalue weighted by Crippen LogP contribution is 2.16. The van der Waals surface area contributed by atoms with Crippen LogP contribution in [0.25, 0.3) is 0 Å². The zero-order valence-corrected chi connectivity index (χ0v) is 18.1. The lowest BCUT2D eigenvalue weighted by Crippen LogP contribution is -2.39. The normalized spacial score (nSPS) is 13.4. The fraction of sp³-hybridized carbons (Fsp3) is 0.524. The number of carbonyl (C=O) groups excluding carboxylic acids is 2. The molecule has 0 aliphatic heterocycles. The molecule has 0 heterocycles. The molecule has 1 amide bonds. The summed E-state index contributed by atoms with van der Waals surface area (Å²) in [5.41, 5.74) is -0.247. The topological polar surface area (TPSA) is 108 Å². The molecule has 0 saturated carbocycles. The van der Waals surface area contributed by atoms with Crippen molar-refractivity contribution >= 4 is 17.7 Å². The maximum absolute atomic E-state index is 12.3. The van der Waals surface area contributed by atoms with Crippen molar-refractivity contribution < 1.29 is 24.0 Å². The third-order valence-corrected chi connectivity index (χ3v) is 3.48. The number of esters is 1. The van der Waals surface area contributed by atoms with Crippen LogP contribution in [-0.2, 0) is 20.7 Å². The van der Waals surface area contributed by atoms with Gasteiger partial charge < -0.3 is 14.8 Å². The van der Waals surface area contributed by atoms with Gasteiger partial charge in [0.05, 0.1) is 11.0 Å². The van der Waals surface area contributed by atoms with Gasteiger partial charge in [-0.25, -0.2) is 9.59 Å². The predicted octanol–water partition coefficient (Wildman–Crippen LogP) is 4.32. The van der Waals surface area contributed by atoms with E-state index < -0.39 is 34.2 Å². The third kappa shape index (κ3) is 9.73. The SMILES string of the molecule is C/C(=C\[C@H](Cc1ccc([N+](=O)[O-])cc1)NC(=O)OC(C)(C)C)C(=O)OC(C)(C)C. The summed E-state index contributed by atoms with van der Waals surface area (Å²) in [5, 5.41) is 13.5. The lowest BCUT2D eigenvalue weighted by atomic mass is 10.0. The average molecular weight is 406 g/mol. The number of amides is 1. The van der Waals surface area contributed by atoms with Gasteiger partial charge in [-0.1, -0.05) is 18.2 Å². The van der Waals surface area contributed by atoms with Crippen LogP contribution in [0.1, 0.15) is 54.0 Å². The molecule has 1 rings (SSSR count). The fourth-order valence-electron chi connectivity index (χ4n) is 2.35. The first kappa shape index (κ1) is 24.1. The second kappa shape index (κ2) is 9.54. The number of nitrogens with zero attached hydrogens (tertiary/aromatic N) is 1. The molecule has 0 aromatic heterocycles. The standard InChI is InChI=1S/C21H30N2O6/c1-14(18(24)28-20(2,3)4)12-16(22-19(25)29-21(5,6)7)13-15-8-10-17(11-9-15)23(26)27/h8-12,16H,13H2,1-7H3,(H,22,25)/b14-12+/t16-/m1/s1. The Balaban J connectivity index is 3.04. The maximum Gasteiger partial charge on any atom is 0.408 e. The smallest absolute Gasteiger partial charge is 0.408 e. The van der Waals surface area contributed by atoms with Crippen molar-refractivity contribution in [1.82, 2.24) is 5.32 Å². The van der Waals surface area contributed by atoms with Crippen molar-refractivity contribution in [1.29, 1.82) is 0 Å². The molecule has 1 N–H and O–H groups in total. The number of nitro benzene ring substituents is 1. The van der Waals surface area contributed by atoms with Crippen molar-refractivity contribution in [3.63, 3.8) is 0 Å². The molecule has 8 nitrogen and oxygen atoms in total. The van der Waals surface area contributed by atoms with Gasteiger partial charge in [-0.2, -0.15) is 0 Å². The fourth-order valence-corrected chi connectivity index (χ4v) is 2.35. The first-order valence-electron chi connectivity index (χ1n) is 9.31. The minimum Gasteiger partial charge on any atom is -0.457 e. The molecule has 0 fully saturated rings. The number of hydrogen-bond donors (Lipinski definition) is 1. The summed E-state index contributed by atoms with van der Waals surface area (Å²) in [6, 6.07) is 5.44. The minimum atomic E-state index is -0.675. The van der Waals surface area contributed by atoms with Gasteiger partial charge in [0.25, 0.3) is 5.69 Å². The summed E-state index contributed by atoms with van der Waals surface area (Å²) in [5.74, 6) is -0.489. The largest absolute Gasteiger partial charge is 0.457 e. The summed E-state index contributed by atoms with van der Waals surface area (Å²) < 4.78 is 10.6. The number of hydrogen-bond acceptors (Lipinski definition) is 6. The molecule has 160 valence electrons. The number of alkyl carbamates (subject to hydrolysis) is 1. The van der Waals surface area contributed by atoms with Gasteiger partial charge in [-0.3, -0.25) is 10.1 Å². The molecule has 29 heavy (non-hydrogen) atoms. The number of nitrogens with one attached hydrogen (secondary N) is 1. The van der Waals surface area contributed by atoms with Crippen LogP contribution in [0, 0.1) is 10.1 Å². The molecule has 0 spiro atoms. The Kier molecular flexibility index (Phi) is 7.94. The molecular weight excluding hydrogens is 376 g/mol. The Labute approximate surface area is 171 Å². The van der Waals surface area contributed by atoms with Crippen molar-refractivity contribution in [3.8, 4) is 0 Å². The van der Waals surface area contributed by atoms with E-state index in [4.69, 9.17) is 9.47 Å². The van der Waals surface area contributed by atoms with E-state index in [2.05, 4.69) is 5.32 Å². The van der Waals surface area contributed by atoms with E-state index in [1.165, 1.54) is 12.1 Å². The van der Waals surface area contributed by atoms with E-state index >= 15 is 0 Å². The zero-order chi connectivity index (χ0) is 22.4. The lowest BCUT2D eigenvalue weighted by molar-refractivity contribution is -0.384. The number of benzene rings is 1. The van der Waals surface area contributed by atoms with Crippen LogP contribution >= 0.6 is 0 Å². The van der Waals surface area contributed by atoms with Gasteiger partial charge in [-0.05, 0) is 60.5 Å². The Morgan fingerprint density at radius 1 is 1.07 bits per heavy atom.